The Labute approximate surface area is 120 Å². The van der Waals surface area contributed by atoms with E-state index in [1.807, 2.05) is 29.0 Å². The maximum Gasteiger partial charge on any atom is 0.249 e. The molecule has 0 amide bonds. The third-order valence-corrected chi connectivity index (χ3v) is 4.99. The van der Waals surface area contributed by atoms with Crippen LogP contribution < -0.4 is 5.73 Å². The van der Waals surface area contributed by atoms with Crippen molar-refractivity contribution in [2.75, 3.05) is 0 Å². The number of hydrogen-bond donors (Lipinski definition) is 1. The first-order chi connectivity index (χ1) is 8.74. The summed E-state index contributed by atoms with van der Waals surface area (Å²) in [5.41, 5.74) is 6.07. The van der Waals surface area contributed by atoms with Gasteiger partial charge in [-0.1, -0.05) is 11.2 Å². The van der Waals surface area contributed by atoms with Crippen LogP contribution in [0.15, 0.2) is 38.0 Å². The van der Waals surface area contributed by atoms with Gasteiger partial charge in [-0.25, -0.2) is 0 Å². The highest BCUT2D eigenvalue weighted by molar-refractivity contribution is 9.10. The van der Waals surface area contributed by atoms with Crippen molar-refractivity contribution in [1.29, 1.82) is 0 Å². The number of nitrogens with zero attached hydrogens (tertiary/aromatic N) is 2. The van der Waals surface area contributed by atoms with Gasteiger partial charge in [0.1, 0.15) is 6.04 Å². The van der Waals surface area contributed by atoms with Gasteiger partial charge in [0.25, 0.3) is 0 Å². The van der Waals surface area contributed by atoms with Crippen LogP contribution in [0.4, 0.5) is 0 Å². The molecule has 1 unspecified atom stereocenters. The van der Waals surface area contributed by atoms with Crippen molar-refractivity contribution in [3.63, 3.8) is 0 Å². The first-order valence-electron chi connectivity index (χ1n) is 5.11. The first-order valence-corrected chi connectivity index (χ1v) is 7.66. The van der Waals surface area contributed by atoms with E-state index in [0.717, 1.165) is 14.2 Å². The molecule has 0 aliphatic carbocycles. The molecule has 0 saturated heterocycles. The smallest absolute Gasteiger partial charge is 0.249 e. The van der Waals surface area contributed by atoms with Crippen LogP contribution in [-0.4, -0.2) is 10.1 Å². The van der Waals surface area contributed by atoms with Crippen LogP contribution in [-0.2, 0) is 0 Å². The van der Waals surface area contributed by atoms with Crippen LogP contribution in [0.1, 0.15) is 16.8 Å². The minimum atomic E-state index is -0.352. The fourth-order valence-electron chi connectivity index (χ4n) is 1.48. The maximum atomic E-state index is 6.07. The molecule has 0 saturated carbocycles. The predicted molar refractivity (Wildman–Crippen MR) is 75.7 cm³/mol. The Hall–Kier alpha value is -1.02. The molecular formula is C11H8BrN3OS2. The molecule has 0 aromatic carbocycles. The van der Waals surface area contributed by atoms with Crippen molar-refractivity contribution in [3.05, 3.63) is 44.2 Å². The molecule has 7 heteroatoms. The number of thiophene rings is 2. The van der Waals surface area contributed by atoms with Crippen molar-refractivity contribution in [3.8, 4) is 10.7 Å². The number of nitrogens with two attached hydrogens (primary N) is 1. The second kappa shape index (κ2) is 4.93. The van der Waals surface area contributed by atoms with Gasteiger partial charge in [0.15, 0.2) is 0 Å². The van der Waals surface area contributed by atoms with Gasteiger partial charge >= 0.3 is 0 Å². The largest absolute Gasteiger partial charge is 0.337 e. The van der Waals surface area contributed by atoms with Gasteiger partial charge in [-0.05, 0) is 33.4 Å². The van der Waals surface area contributed by atoms with E-state index in [2.05, 4.69) is 26.1 Å². The van der Waals surface area contributed by atoms with Crippen LogP contribution in [0.25, 0.3) is 10.7 Å². The lowest BCUT2D eigenvalue weighted by Crippen LogP contribution is -2.10. The van der Waals surface area contributed by atoms with Crippen molar-refractivity contribution in [2.24, 2.45) is 5.73 Å². The van der Waals surface area contributed by atoms with Gasteiger partial charge in [-0.2, -0.15) is 4.98 Å². The van der Waals surface area contributed by atoms with Crippen molar-refractivity contribution in [2.45, 2.75) is 6.04 Å². The van der Waals surface area contributed by atoms with Crippen LogP contribution in [0.3, 0.4) is 0 Å². The van der Waals surface area contributed by atoms with Crippen LogP contribution in [0, 0.1) is 0 Å². The Balaban J connectivity index is 1.90. The summed E-state index contributed by atoms with van der Waals surface area (Å²) in [4.78, 5) is 6.31. The highest BCUT2D eigenvalue weighted by atomic mass is 79.9. The lowest BCUT2D eigenvalue weighted by Gasteiger charge is -2.01. The minimum absolute atomic E-state index is 0.352. The predicted octanol–water partition coefficient (Wildman–Crippen LogP) is 3.67. The SMILES string of the molecule is NC(c1nc(-c2cc(Br)cs2)no1)c1cccs1. The summed E-state index contributed by atoms with van der Waals surface area (Å²) in [7, 11) is 0. The van der Waals surface area contributed by atoms with E-state index < -0.39 is 0 Å². The molecule has 3 aromatic heterocycles. The van der Waals surface area contributed by atoms with E-state index >= 15 is 0 Å². The molecule has 1 atom stereocenters. The number of aromatic nitrogens is 2. The molecule has 3 heterocycles. The Morgan fingerprint density at radius 1 is 1.39 bits per heavy atom. The molecule has 18 heavy (non-hydrogen) atoms. The van der Waals surface area contributed by atoms with E-state index in [4.69, 9.17) is 10.3 Å². The lowest BCUT2D eigenvalue weighted by molar-refractivity contribution is 0.368. The average molecular weight is 342 g/mol. The fourth-order valence-corrected chi connectivity index (χ4v) is 3.55. The maximum absolute atomic E-state index is 6.07. The van der Waals surface area contributed by atoms with E-state index in [0.29, 0.717) is 11.7 Å². The minimum Gasteiger partial charge on any atom is -0.337 e. The number of halogens is 1. The van der Waals surface area contributed by atoms with Crippen LogP contribution in [0.2, 0.25) is 0 Å². The monoisotopic (exact) mass is 341 g/mol. The standard InChI is InChI=1S/C11H8BrN3OS2/c12-6-4-8(18-5-6)10-14-11(16-15-10)9(13)7-2-1-3-17-7/h1-5,9H,13H2. The van der Waals surface area contributed by atoms with Crippen molar-refractivity contribution < 1.29 is 4.52 Å². The molecule has 0 bridgehead atoms. The second-order valence-electron chi connectivity index (χ2n) is 3.58. The molecule has 3 rings (SSSR count). The Kier molecular flexibility index (Phi) is 3.29. The molecule has 3 aromatic rings. The van der Waals surface area contributed by atoms with Gasteiger partial charge < -0.3 is 10.3 Å². The third kappa shape index (κ3) is 2.26. The summed E-state index contributed by atoms with van der Waals surface area (Å²) in [6.45, 7) is 0. The normalized spacial score (nSPS) is 12.8. The van der Waals surface area contributed by atoms with Gasteiger partial charge in [0.2, 0.25) is 11.7 Å². The number of hydrogen-bond acceptors (Lipinski definition) is 6. The molecule has 0 spiro atoms. The second-order valence-corrected chi connectivity index (χ2v) is 6.38. The van der Waals surface area contributed by atoms with Crippen LogP contribution >= 0.6 is 38.6 Å². The zero-order valence-electron chi connectivity index (χ0n) is 9.04. The summed E-state index contributed by atoms with van der Waals surface area (Å²) < 4.78 is 6.24. The third-order valence-electron chi connectivity index (χ3n) is 2.35. The molecule has 0 radical (unpaired) electrons. The Bertz CT molecular complexity index is 647. The summed E-state index contributed by atoms with van der Waals surface area (Å²) in [6.07, 6.45) is 0. The Morgan fingerprint density at radius 2 is 2.28 bits per heavy atom. The summed E-state index contributed by atoms with van der Waals surface area (Å²) in [6, 6.07) is 5.51. The summed E-state index contributed by atoms with van der Waals surface area (Å²) >= 11 is 6.53. The van der Waals surface area contributed by atoms with E-state index in [1.54, 1.807) is 22.7 Å². The van der Waals surface area contributed by atoms with Gasteiger partial charge in [0.05, 0.1) is 4.88 Å². The van der Waals surface area contributed by atoms with Crippen molar-refractivity contribution in [1.82, 2.24) is 10.1 Å². The lowest BCUT2D eigenvalue weighted by atomic mass is 10.2. The number of rotatable bonds is 3. The zero-order valence-corrected chi connectivity index (χ0v) is 12.3. The summed E-state index contributed by atoms with van der Waals surface area (Å²) in [5.74, 6) is 1.02. The highest BCUT2D eigenvalue weighted by Gasteiger charge is 2.18. The highest BCUT2D eigenvalue weighted by Crippen LogP contribution is 2.29. The van der Waals surface area contributed by atoms with E-state index in [-0.39, 0.29) is 6.04 Å². The Morgan fingerprint density at radius 3 is 2.94 bits per heavy atom. The van der Waals surface area contributed by atoms with Gasteiger partial charge in [-0.15, -0.1) is 22.7 Å². The van der Waals surface area contributed by atoms with Crippen LogP contribution in [0.5, 0.6) is 0 Å². The first kappa shape index (κ1) is 12.0. The molecule has 92 valence electrons. The molecular weight excluding hydrogens is 334 g/mol. The zero-order chi connectivity index (χ0) is 12.5. The quantitative estimate of drug-likeness (QED) is 0.789. The molecule has 0 fully saturated rings. The van der Waals surface area contributed by atoms with Gasteiger partial charge in [0, 0.05) is 14.7 Å². The fraction of sp³-hybridized carbons (Fsp3) is 0.0909. The molecule has 0 aliphatic heterocycles. The molecule has 0 aliphatic rings. The van der Waals surface area contributed by atoms with Crippen molar-refractivity contribution >= 4 is 38.6 Å². The average Bonchev–Trinajstić information content (AvgIpc) is 3.09. The topological polar surface area (TPSA) is 64.9 Å². The molecule has 4 nitrogen and oxygen atoms in total. The van der Waals surface area contributed by atoms with E-state index in [1.165, 1.54) is 0 Å². The summed E-state index contributed by atoms with van der Waals surface area (Å²) in [5, 5.41) is 7.91. The molecule has 2 N–H and O–H groups in total. The van der Waals surface area contributed by atoms with Gasteiger partial charge in [-0.3, -0.25) is 0 Å². The van der Waals surface area contributed by atoms with E-state index in [9.17, 15) is 0 Å².